The molecule has 20 heavy (non-hydrogen) atoms. The van der Waals surface area contributed by atoms with E-state index >= 15 is 0 Å². The minimum absolute atomic E-state index is 0.975. The van der Waals surface area contributed by atoms with Gasteiger partial charge >= 0.3 is 0 Å². The van der Waals surface area contributed by atoms with Crippen LogP contribution in [0.15, 0.2) is 59.2 Å². The molecule has 3 nitrogen and oxygen atoms in total. The average Bonchev–Trinajstić information content (AvgIpc) is 2.48. The van der Waals surface area contributed by atoms with Gasteiger partial charge in [-0.15, -0.1) is 0 Å². The maximum absolute atomic E-state index is 4.39. The first kappa shape index (κ1) is 12.9. The van der Waals surface area contributed by atoms with Crippen LogP contribution in [-0.4, -0.2) is 12.0 Å². The highest BCUT2D eigenvalue weighted by Gasteiger charge is 2.03. The summed E-state index contributed by atoms with van der Waals surface area (Å²) in [6.07, 6.45) is 1.82. The van der Waals surface area contributed by atoms with E-state index in [1.807, 2.05) is 49.6 Å². The fraction of sp³-hybridized carbons (Fsp3) is 0.0625. The maximum atomic E-state index is 4.39. The van der Waals surface area contributed by atoms with Crippen molar-refractivity contribution in [3.8, 4) is 0 Å². The Morgan fingerprint density at radius 3 is 2.70 bits per heavy atom. The first-order chi connectivity index (χ1) is 9.76. The molecule has 2 aromatic carbocycles. The van der Waals surface area contributed by atoms with E-state index in [9.17, 15) is 0 Å². The molecule has 3 rings (SSSR count). The Balaban J connectivity index is 2.03. The summed E-state index contributed by atoms with van der Waals surface area (Å²) in [5.74, 6) is 0. The van der Waals surface area contributed by atoms with Crippen LogP contribution in [0, 0.1) is 0 Å². The van der Waals surface area contributed by atoms with Crippen LogP contribution < -0.4 is 10.6 Å². The standard InChI is InChI=1S/C16H14BrN3/c1-18-12-3-2-4-13(10-12)20-16-7-8-19-15-6-5-11(17)9-14(15)16/h2-10,18H,1H3,(H,19,20). The molecule has 0 aliphatic heterocycles. The van der Waals surface area contributed by atoms with Gasteiger partial charge in [0.15, 0.2) is 0 Å². The zero-order valence-corrected chi connectivity index (χ0v) is 12.6. The summed E-state index contributed by atoms with van der Waals surface area (Å²) in [5.41, 5.74) is 4.14. The fourth-order valence-electron chi connectivity index (χ4n) is 2.14. The quantitative estimate of drug-likeness (QED) is 0.726. The summed E-state index contributed by atoms with van der Waals surface area (Å²) in [6.45, 7) is 0. The Labute approximate surface area is 126 Å². The molecule has 0 amide bonds. The molecule has 0 fully saturated rings. The molecule has 0 saturated carbocycles. The molecular formula is C16H14BrN3. The number of benzene rings is 2. The van der Waals surface area contributed by atoms with Gasteiger partial charge in [0.05, 0.1) is 5.52 Å². The van der Waals surface area contributed by atoms with Crippen LogP contribution in [-0.2, 0) is 0 Å². The van der Waals surface area contributed by atoms with Crippen LogP contribution in [0.2, 0.25) is 0 Å². The molecule has 0 atom stereocenters. The molecular weight excluding hydrogens is 314 g/mol. The van der Waals surface area contributed by atoms with Gasteiger partial charge in [0.25, 0.3) is 0 Å². The third-order valence-corrected chi connectivity index (χ3v) is 3.63. The van der Waals surface area contributed by atoms with Gasteiger partial charge in [-0.3, -0.25) is 4.98 Å². The number of anilines is 3. The second-order valence-electron chi connectivity index (χ2n) is 4.48. The highest BCUT2D eigenvalue weighted by Crippen LogP contribution is 2.28. The van der Waals surface area contributed by atoms with Gasteiger partial charge in [0, 0.05) is 40.2 Å². The summed E-state index contributed by atoms with van der Waals surface area (Å²) in [7, 11) is 1.91. The SMILES string of the molecule is CNc1cccc(Nc2ccnc3ccc(Br)cc23)c1. The predicted molar refractivity (Wildman–Crippen MR) is 88.7 cm³/mol. The normalized spacial score (nSPS) is 10.5. The minimum atomic E-state index is 0.975. The zero-order chi connectivity index (χ0) is 13.9. The van der Waals surface area contributed by atoms with Gasteiger partial charge in [-0.1, -0.05) is 22.0 Å². The number of aromatic nitrogens is 1. The summed E-state index contributed by atoms with van der Waals surface area (Å²) < 4.78 is 1.05. The highest BCUT2D eigenvalue weighted by molar-refractivity contribution is 9.10. The average molecular weight is 328 g/mol. The smallest absolute Gasteiger partial charge is 0.0723 e. The van der Waals surface area contributed by atoms with Crippen molar-refractivity contribution < 1.29 is 0 Å². The van der Waals surface area contributed by atoms with Crippen molar-refractivity contribution in [2.24, 2.45) is 0 Å². The second kappa shape index (κ2) is 5.51. The van der Waals surface area contributed by atoms with Gasteiger partial charge in [0.1, 0.15) is 0 Å². The minimum Gasteiger partial charge on any atom is -0.388 e. The number of nitrogens with zero attached hydrogens (tertiary/aromatic N) is 1. The number of rotatable bonds is 3. The fourth-order valence-corrected chi connectivity index (χ4v) is 2.50. The molecule has 4 heteroatoms. The van der Waals surface area contributed by atoms with Gasteiger partial charge in [-0.05, 0) is 42.5 Å². The first-order valence-electron chi connectivity index (χ1n) is 6.35. The Hall–Kier alpha value is -2.07. The van der Waals surface area contributed by atoms with E-state index in [1.165, 1.54) is 0 Å². The third kappa shape index (κ3) is 2.60. The van der Waals surface area contributed by atoms with E-state index in [0.29, 0.717) is 0 Å². The number of halogens is 1. The Morgan fingerprint density at radius 1 is 1.00 bits per heavy atom. The molecule has 0 unspecified atom stereocenters. The molecule has 0 aliphatic carbocycles. The lowest BCUT2D eigenvalue weighted by molar-refractivity contribution is 1.40. The predicted octanol–water partition coefficient (Wildman–Crippen LogP) is 4.78. The number of fused-ring (bicyclic) bond motifs is 1. The van der Waals surface area contributed by atoms with Crippen molar-refractivity contribution >= 4 is 43.9 Å². The second-order valence-corrected chi connectivity index (χ2v) is 5.39. The highest BCUT2D eigenvalue weighted by atomic mass is 79.9. The number of nitrogens with one attached hydrogen (secondary N) is 2. The van der Waals surface area contributed by atoms with Crippen LogP contribution in [0.5, 0.6) is 0 Å². The van der Waals surface area contributed by atoms with Crippen LogP contribution in [0.1, 0.15) is 0 Å². The number of hydrogen-bond acceptors (Lipinski definition) is 3. The molecule has 0 bridgehead atoms. The third-order valence-electron chi connectivity index (χ3n) is 3.13. The Bertz CT molecular complexity index is 756. The largest absolute Gasteiger partial charge is 0.388 e. The van der Waals surface area contributed by atoms with Crippen molar-refractivity contribution in [2.75, 3.05) is 17.7 Å². The van der Waals surface area contributed by atoms with Gasteiger partial charge in [-0.2, -0.15) is 0 Å². The first-order valence-corrected chi connectivity index (χ1v) is 7.15. The van der Waals surface area contributed by atoms with Gasteiger partial charge in [-0.25, -0.2) is 0 Å². The maximum Gasteiger partial charge on any atom is 0.0723 e. The van der Waals surface area contributed by atoms with Gasteiger partial charge in [0.2, 0.25) is 0 Å². The molecule has 1 heterocycles. The summed E-state index contributed by atoms with van der Waals surface area (Å²) in [5, 5.41) is 7.68. The Kier molecular flexibility index (Phi) is 3.56. The van der Waals surface area contributed by atoms with Gasteiger partial charge < -0.3 is 10.6 Å². The van der Waals surface area contributed by atoms with Crippen LogP contribution in [0.25, 0.3) is 10.9 Å². The summed E-state index contributed by atoms with van der Waals surface area (Å²) in [6, 6.07) is 16.2. The van der Waals surface area contributed by atoms with Crippen molar-refractivity contribution in [3.63, 3.8) is 0 Å². The van der Waals surface area contributed by atoms with Crippen molar-refractivity contribution in [1.82, 2.24) is 4.98 Å². The van der Waals surface area contributed by atoms with E-state index in [0.717, 1.165) is 32.4 Å². The lowest BCUT2D eigenvalue weighted by Gasteiger charge is -2.11. The molecule has 0 spiro atoms. The molecule has 100 valence electrons. The number of hydrogen-bond donors (Lipinski definition) is 2. The molecule has 3 aromatic rings. The van der Waals surface area contributed by atoms with Crippen LogP contribution in [0.4, 0.5) is 17.1 Å². The monoisotopic (exact) mass is 327 g/mol. The molecule has 1 aromatic heterocycles. The Morgan fingerprint density at radius 2 is 1.85 bits per heavy atom. The van der Waals surface area contributed by atoms with E-state index in [-0.39, 0.29) is 0 Å². The summed E-state index contributed by atoms with van der Waals surface area (Å²) >= 11 is 3.51. The van der Waals surface area contributed by atoms with Crippen molar-refractivity contribution in [2.45, 2.75) is 0 Å². The lowest BCUT2D eigenvalue weighted by Crippen LogP contribution is -1.94. The van der Waals surface area contributed by atoms with Crippen LogP contribution >= 0.6 is 15.9 Å². The molecule has 2 N–H and O–H groups in total. The van der Waals surface area contributed by atoms with Crippen molar-refractivity contribution in [3.05, 3.63) is 59.2 Å². The van der Waals surface area contributed by atoms with E-state index in [4.69, 9.17) is 0 Å². The topological polar surface area (TPSA) is 37.0 Å². The lowest BCUT2D eigenvalue weighted by atomic mass is 10.2. The zero-order valence-electron chi connectivity index (χ0n) is 11.0. The van der Waals surface area contributed by atoms with Crippen LogP contribution in [0.3, 0.4) is 0 Å². The number of pyridine rings is 1. The van der Waals surface area contributed by atoms with E-state index < -0.39 is 0 Å². The molecule has 0 saturated heterocycles. The van der Waals surface area contributed by atoms with E-state index in [1.54, 1.807) is 0 Å². The van der Waals surface area contributed by atoms with E-state index in [2.05, 4.69) is 43.7 Å². The molecule has 0 aliphatic rings. The summed E-state index contributed by atoms with van der Waals surface area (Å²) in [4.78, 5) is 4.39. The van der Waals surface area contributed by atoms with Crippen molar-refractivity contribution in [1.29, 1.82) is 0 Å². The molecule has 0 radical (unpaired) electrons.